The Morgan fingerprint density at radius 3 is 2.63 bits per heavy atom. The van der Waals surface area contributed by atoms with Crippen molar-refractivity contribution < 1.29 is 14.0 Å². The Kier molecular flexibility index (Phi) is 5.74. The molecule has 3 heterocycles. The number of likely N-dealkylation sites (tertiary alicyclic amines) is 1. The van der Waals surface area contributed by atoms with Crippen LogP contribution in [0, 0.1) is 13.8 Å². The van der Waals surface area contributed by atoms with Crippen molar-refractivity contribution in [2.24, 2.45) is 0 Å². The first-order valence-corrected chi connectivity index (χ1v) is 10.4. The topological polar surface area (TPSA) is 67.5 Å². The van der Waals surface area contributed by atoms with Gasteiger partial charge in [-0.15, -0.1) is 0 Å². The van der Waals surface area contributed by atoms with E-state index < -0.39 is 0 Å². The van der Waals surface area contributed by atoms with Gasteiger partial charge in [-0.3, -0.25) is 9.59 Å². The van der Waals surface area contributed by atoms with E-state index in [9.17, 15) is 9.59 Å². The summed E-state index contributed by atoms with van der Waals surface area (Å²) < 4.78 is 7.54. The van der Waals surface area contributed by atoms with Gasteiger partial charge in [0.1, 0.15) is 5.76 Å². The smallest absolute Gasteiger partial charge is 0.253 e. The second kappa shape index (κ2) is 8.61. The molecule has 1 aromatic carbocycles. The monoisotopic (exact) mass is 405 g/mol. The summed E-state index contributed by atoms with van der Waals surface area (Å²) in [6.45, 7) is 5.76. The summed E-state index contributed by atoms with van der Waals surface area (Å²) in [5.74, 6) is 0.870. The summed E-state index contributed by atoms with van der Waals surface area (Å²) in [4.78, 5) is 27.2. The second-order valence-electron chi connectivity index (χ2n) is 7.83. The lowest BCUT2D eigenvalue weighted by Crippen LogP contribution is -2.38. The molecule has 1 saturated heterocycles. The third-order valence-corrected chi connectivity index (χ3v) is 5.79. The molecule has 1 unspecified atom stereocenters. The molecule has 0 radical (unpaired) electrons. The first-order valence-electron chi connectivity index (χ1n) is 10.4. The van der Waals surface area contributed by atoms with E-state index >= 15 is 0 Å². The molecule has 1 N–H and O–H groups in total. The third-order valence-electron chi connectivity index (χ3n) is 5.79. The SMILES string of the molecule is Cc1cc(C(=O)NC(CN2CCCC2=O)c2ccccc2)c(C)n1Cc1ccco1. The van der Waals surface area contributed by atoms with Gasteiger partial charge in [-0.1, -0.05) is 30.3 Å². The number of aromatic nitrogens is 1. The highest BCUT2D eigenvalue weighted by Gasteiger charge is 2.26. The molecule has 3 aromatic rings. The number of hydrogen-bond acceptors (Lipinski definition) is 3. The summed E-state index contributed by atoms with van der Waals surface area (Å²) in [5, 5.41) is 3.17. The number of carbonyl (C=O) groups is 2. The molecule has 1 aliphatic rings. The van der Waals surface area contributed by atoms with Crippen molar-refractivity contribution in [2.45, 2.75) is 39.3 Å². The van der Waals surface area contributed by atoms with Crippen LogP contribution in [0.25, 0.3) is 0 Å². The second-order valence-corrected chi connectivity index (χ2v) is 7.83. The minimum absolute atomic E-state index is 0.130. The van der Waals surface area contributed by atoms with E-state index in [4.69, 9.17) is 4.42 Å². The molecule has 0 bridgehead atoms. The number of rotatable bonds is 7. The van der Waals surface area contributed by atoms with E-state index in [-0.39, 0.29) is 17.9 Å². The summed E-state index contributed by atoms with van der Waals surface area (Å²) in [6.07, 6.45) is 3.12. The van der Waals surface area contributed by atoms with Gasteiger partial charge in [0, 0.05) is 30.9 Å². The maximum Gasteiger partial charge on any atom is 0.253 e. The van der Waals surface area contributed by atoms with Crippen molar-refractivity contribution in [2.75, 3.05) is 13.1 Å². The molecule has 0 spiro atoms. The number of furan rings is 1. The van der Waals surface area contributed by atoms with Gasteiger partial charge < -0.3 is 19.2 Å². The fraction of sp³-hybridized carbons (Fsp3) is 0.333. The van der Waals surface area contributed by atoms with Crippen LogP contribution in [0.15, 0.2) is 59.2 Å². The molecule has 4 rings (SSSR count). The van der Waals surface area contributed by atoms with Crippen LogP contribution in [0.2, 0.25) is 0 Å². The zero-order chi connectivity index (χ0) is 21.1. The molecule has 30 heavy (non-hydrogen) atoms. The van der Waals surface area contributed by atoms with E-state index in [1.807, 2.05) is 67.3 Å². The number of nitrogens with one attached hydrogen (secondary N) is 1. The average Bonchev–Trinajstić information content (AvgIpc) is 3.47. The zero-order valence-electron chi connectivity index (χ0n) is 17.4. The zero-order valence-corrected chi connectivity index (χ0v) is 17.4. The molecule has 6 nitrogen and oxygen atoms in total. The van der Waals surface area contributed by atoms with Crippen LogP contribution in [-0.2, 0) is 11.3 Å². The third kappa shape index (κ3) is 4.17. The molecule has 2 aromatic heterocycles. The molecule has 6 heteroatoms. The van der Waals surface area contributed by atoms with Crippen LogP contribution < -0.4 is 5.32 Å². The highest BCUT2D eigenvalue weighted by Crippen LogP contribution is 2.22. The van der Waals surface area contributed by atoms with Gasteiger partial charge in [-0.2, -0.15) is 0 Å². The van der Waals surface area contributed by atoms with Gasteiger partial charge in [0.25, 0.3) is 5.91 Å². The summed E-state index contributed by atoms with van der Waals surface area (Å²) in [5.41, 5.74) is 3.54. The molecule has 0 aliphatic carbocycles. The Bertz CT molecular complexity index is 1020. The lowest BCUT2D eigenvalue weighted by Gasteiger charge is -2.25. The van der Waals surface area contributed by atoms with E-state index in [1.165, 1.54) is 0 Å². The maximum absolute atomic E-state index is 13.2. The van der Waals surface area contributed by atoms with Crippen LogP contribution in [0.1, 0.15) is 52.0 Å². The van der Waals surface area contributed by atoms with Crippen molar-refractivity contribution in [3.8, 4) is 0 Å². The standard InChI is InChI=1S/C24H27N3O3/c1-17-14-21(18(2)27(17)15-20-10-7-13-30-20)24(29)25-22(19-8-4-3-5-9-19)16-26-12-6-11-23(26)28/h3-5,7-10,13-14,22H,6,11-12,15-16H2,1-2H3,(H,25,29). The minimum Gasteiger partial charge on any atom is -0.467 e. The molecule has 1 atom stereocenters. The van der Waals surface area contributed by atoms with Crippen LogP contribution in [0.3, 0.4) is 0 Å². The van der Waals surface area contributed by atoms with Crippen molar-refractivity contribution >= 4 is 11.8 Å². The van der Waals surface area contributed by atoms with Gasteiger partial charge in [-0.25, -0.2) is 0 Å². The number of hydrogen-bond donors (Lipinski definition) is 1. The minimum atomic E-state index is -0.256. The van der Waals surface area contributed by atoms with Crippen LogP contribution >= 0.6 is 0 Å². The van der Waals surface area contributed by atoms with Crippen LogP contribution in [-0.4, -0.2) is 34.4 Å². The van der Waals surface area contributed by atoms with Gasteiger partial charge >= 0.3 is 0 Å². The number of carbonyl (C=O) groups excluding carboxylic acids is 2. The predicted octanol–water partition coefficient (Wildman–Crippen LogP) is 3.84. The predicted molar refractivity (Wildman–Crippen MR) is 114 cm³/mol. The molecule has 1 fully saturated rings. The van der Waals surface area contributed by atoms with Gasteiger partial charge in [-0.05, 0) is 44.0 Å². The average molecular weight is 405 g/mol. The van der Waals surface area contributed by atoms with Gasteiger partial charge in [0.15, 0.2) is 0 Å². The highest BCUT2D eigenvalue weighted by molar-refractivity contribution is 5.96. The lowest BCUT2D eigenvalue weighted by atomic mass is 10.1. The largest absolute Gasteiger partial charge is 0.467 e. The Morgan fingerprint density at radius 1 is 1.17 bits per heavy atom. The van der Waals surface area contributed by atoms with Crippen molar-refractivity contribution in [3.63, 3.8) is 0 Å². The normalized spacial score (nSPS) is 14.9. The van der Waals surface area contributed by atoms with Crippen molar-refractivity contribution in [1.29, 1.82) is 0 Å². The van der Waals surface area contributed by atoms with Crippen molar-refractivity contribution in [3.05, 3.63) is 83.1 Å². The fourth-order valence-electron chi connectivity index (χ4n) is 4.11. The molecule has 156 valence electrons. The summed E-state index contributed by atoms with van der Waals surface area (Å²) >= 11 is 0. The first kappa shape index (κ1) is 20.0. The molecule has 1 aliphatic heterocycles. The Morgan fingerprint density at radius 2 is 1.97 bits per heavy atom. The Hall–Kier alpha value is -3.28. The maximum atomic E-state index is 13.2. The molecule has 0 saturated carbocycles. The van der Waals surface area contributed by atoms with Crippen LogP contribution in [0.5, 0.6) is 0 Å². The first-order chi connectivity index (χ1) is 14.5. The molecular formula is C24H27N3O3. The van der Waals surface area contributed by atoms with Crippen molar-refractivity contribution in [1.82, 2.24) is 14.8 Å². The summed E-state index contributed by atoms with van der Waals surface area (Å²) in [7, 11) is 0. The summed E-state index contributed by atoms with van der Waals surface area (Å²) in [6, 6.07) is 15.3. The Balaban J connectivity index is 1.56. The van der Waals surface area contributed by atoms with E-state index in [2.05, 4.69) is 9.88 Å². The van der Waals surface area contributed by atoms with Gasteiger partial charge in [0.2, 0.25) is 5.91 Å². The van der Waals surface area contributed by atoms with E-state index in [0.717, 1.165) is 35.7 Å². The number of nitrogens with zero attached hydrogens (tertiary/aromatic N) is 2. The molecule has 2 amide bonds. The lowest BCUT2D eigenvalue weighted by molar-refractivity contribution is -0.128. The quantitative estimate of drug-likeness (QED) is 0.649. The number of aryl methyl sites for hydroxylation is 1. The fourth-order valence-corrected chi connectivity index (χ4v) is 4.11. The molecular weight excluding hydrogens is 378 g/mol. The number of amides is 2. The Labute approximate surface area is 176 Å². The highest BCUT2D eigenvalue weighted by atomic mass is 16.3. The van der Waals surface area contributed by atoms with Gasteiger partial charge in [0.05, 0.1) is 24.4 Å². The van der Waals surface area contributed by atoms with E-state index in [1.54, 1.807) is 6.26 Å². The van der Waals surface area contributed by atoms with Crippen LogP contribution in [0.4, 0.5) is 0 Å². The van der Waals surface area contributed by atoms with E-state index in [0.29, 0.717) is 25.1 Å². The number of benzene rings is 1.